The minimum absolute atomic E-state index is 0.00211. The number of hydrogen-bond donors (Lipinski definition) is 0. The van der Waals surface area contributed by atoms with Crippen LogP contribution in [-0.4, -0.2) is 54.3 Å². The van der Waals surface area contributed by atoms with E-state index in [1.807, 2.05) is 13.8 Å². The molecular weight excluding hydrogens is 290 g/mol. The molecule has 0 radical (unpaired) electrons. The van der Waals surface area contributed by atoms with Crippen LogP contribution in [0.25, 0.3) is 0 Å². The minimum atomic E-state index is -3.44. The number of nitrogens with zero attached hydrogens (tertiary/aromatic N) is 3. The third kappa shape index (κ3) is 3.29. The van der Waals surface area contributed by atoms with Crippen LogP contribution in [0.1, 0.15) is 20.3 Å². The Labute approximate surface area is 126 Å². The Morgan fingerprint density at radius 1 is 1.29 bits per heavy atom. The van der Waals surface area contributed by atoms with E-state index in [9.17, 15) is 13.2 Å². The predicted molar refractivity (Wildman–Crippen MR) is 80.2 cm³/mol. The topological polar surface area (TPSA) is 62.6 Å². The van der Waals surface area contributed by atoms with Gasteiger partial charge in [0.25, 0.3) is 0 Å². The molecule has 0 saturated carbocycles. The molecule has 21 heavy (non-hydrogen) atoms. The van der Waals surface area contributed by atoms with Gasteiger partial charge in [-0.2, -0.15) is 4.31 Å². The molecule has 1 unspecified atom stereocenters. The van der Waals surface area contributed by atoms with E-state index in [4.69, 9.17) is 0 Å². The van der Waals surface area contributed by atoms with Crippen molar-refractivity contribution in [2.75, 3.05) is 26.2 Å². The number of piperazine rings is 1. The number of rotatable bonds is 4. The molecule has 0 aliphatic carbocycles. The van der Waals surface area contributed by atoms with Gasteiger partial charge in [-0.3, -0.25) is 4.79 Å². The molecule has 0 bridgehead atoms. The summed E-state index contributed by atoms with van der Waals surface area (Å²) in [5.41, 5.74) is 0. The second-order valence-electron chi connectivity index (χ2n) is 5.55. The van der Waals surface area contributed by atoms with Gasteiger partial charge in [0.15, 0.2) is 0 Å². The number of hydrogen-bond acceptors (Lipinski definition) is 3. The number of aryl methyl sites for hydroxylation is 1. The largest absolute Gasteiger partial charge is 0.356 e. The molecule has 2 heterocycles. The van der Waals surface area contributed by atoms with E-state index in [1.54, 1.807) is 35.0 Å². The molecule has 0 N–H and O–H groups in total. The summed E-state index contributed by atoms with van der Waals surface area (Å²) in [4.78, 5) is 14.2. The van der Waals surface area contributed by atoms with Gasteiger partial charge in [0, 0.05) is 51.5 Å². The number of carbonyl (C=O) groups excluding carboxylic acids is 1. The average molecular weight is 313 g/mol. The van der Waals surface area contributed by atoms with Crippen molar-refractivity contribution in [1.29, 1.82) is 0 Å². The summed E-state index contributed by atoms with van der Waals surface area (Å²) in [6, 6.07) is 1.60. The van der Waals surface area contributed by atoms with Crippen molar-refractivity contribution in [3.05, 3.63) is 18.5 Å². The average Bonchev–Trinajstić information content (AvgIpc) is 2.93. The van der Waals surface area contributed by atoms with E-state index in [1.165, 1.54) is 4.31 Å². The molecule has 7 heteroatoms. The Morgan fingerprint density at radius 3 is 2.38 bits per heavy atom. The lowest BCUT2D eigenvalue weighted by molar-refractivity contribution is -0.136. The minimum Gasteiger partial charge on any atom is -0.356 e. The van der Waals surface area contributed by atoms with Gasteiger partial charge in [0.1, 0.15) is 0 Å². The van der Waals surface area contributed by atoms with E-state index < -0.39 is 10.0 Å². The van der Waals surface area contributed by atoms with Gasteiger partial charge >= 0.3 is 0 Å². The Hall–Kier alpha value is -1.34. The lowest BCUT2D eigenvalue weighted by Crippen LogP contribution is -2.51. The van der Waals surface area contributed by atoms with E-state index in [-0.39, 0.29) is 11.8 Å². The van der Waals surface area contributed by atoms with Crippen LogP contribution in [0.3, 0.4) is 0 Å². The van der Waals surface area contributed by atoms with Crippen molar-refractivity contribution in [1.82, 2.24) is 13.8 Å². The maximum absolute atomic E-state index is 12.5. The summed E-state index contributed by atoms with van der Waals surface area (Å²) in [6.07, 6.45) is 4.13. The molecule has 2 rings (SSSR count). The highest BCUT2D eigenvalue weighted by Gasteiger charge is 2.31. The van der Waals surface area contributed by atoms with Crippen molar-refractivity contribution in [3.63, 3.8) is 0 Å². The quantitative estimate of drug-likeness (QED) is 0.830. The second-order valence-corrected chi connectivity index (χ2v) is 7.49. The van der Waals surface area contributed by atoms with E-state index in [2.05, 4.69) is 0 Å². The van der Waals surface area contributed by atoms with Crippen LogP contribution in [0.4, 0.5) is 0 Å². The Balaban J connectivity index is 2.02. The summed E-state index contributed by atoms with van der Waals surface area (Å²) in [5.74, 6) is 0.122. The van der Waals surface area contributed by atoms with Crippen LogP contribution in [0.5, 0.6) is 0 Å². The first-order valence-corrected chi connectivity index (χ1v) is 8.71. The van der Waals surface area contributed by atoms with Crippen LogP contribution in [0.15, 0.2) is 23.4 Å². The molecule has 1 saturated heterocycles. The van der Waals surface area contributed by atoms with Crippen molar-refractivity contribution < 1.29 is 13.2 Å². The van der Waals surface area contributed by atoms with Gasteiger partial charge in [0.05, 0.1) is 4.90 Å². The third-order valence-electron chi connectivity index (χ3n) is 4.03. The number of aromatic nitrogens is 1. The fourth-order valence-electron chi connectivity index (χ4n) is 2.41. The summed E-state index contributed by atoms with van der Waals surface area (Å²) in [5, 5.41) is 0. The standard InChI is InChI=1S/C14H23N3O3S/c1-4-12(2)14(18)16-7-9-17(10-8-16)21(19,20)13-5-6-15(3)11-13/h5-6,11-12H,4,7-10H2,1-3H3. The molecule has 118 valence electrons. The lowest BCUT2D eigenvalue weighted by atomic mass is 10.1. The Morgan fingerprint density at radius 2 is 1.90 bits per heavy atom. The van der Waals surface area contributed by atoms with Gasteiger partial charge in [-0.15, -0.1) is 0 Å². The third-order valence-corrected chi connectivity index (χ3v) is 5.91. The Kier molecular flexibility index (Phi) is 4.73. The molecule has 0 spiro atoms. The fourth-order valence-corrected chi connectivity index (χ4v) is 3.89. The number of sulfonamides is 1. The molecule has 6 nitrogen and oxygen atoms in total. The van der Waals surface area contributed by atoms with E-state index in [0.29, 0.717) is 31.1 Å². The Bertz CT molecular complexity index is 601. The zero-order valence-electron chi connectivity index (χ0n) is 12.8. The van der Waals surface area contributed by atoms with Crippen molar-refractivity contribution in [2.24, 2.45) is 13.0 Å². The van der Waals surface area contributed by atoms with E-state index >= 15 is 0 Å². The molecule has 1 aromatic rings. The summed E-state index contributed by atoms with van der Waals surface area (Å²) >= 11 is 0. The second kappa shape index (κ2) is 6.19. The van der Waals surface area contributed by atoms with Crippen LogP contribution >= 0.6 is 0 Å². The molecular formula is C14H23N3O3S. The van der Waals surface area contributed by atoms with Crippen LogP contribution < -0.4 is 0 Å². The number of carbonyl (C=O) groups is 1. The van der Waals surface area contributed by atoms with Crippen molar-refractivity contribution in [2.45, 2.75) is 25.2 Å². The van der Waals surface area contributed by atoms with Crippen molar-refractivity contribution in [3.8, 4) is 0 Å². The number of amides is 1. The molecule has 1 fully saturated rings. The highest BCUT2D eigenvalue weighted by Crippen LogP contribution is 2.18. The first-order valence-electron chi connectivity index (χ1n) is 7.27. The molecule has 1 aliphatic heterocycles. The van der Waals surface area contributed by atoms with Gasteiger partial charge < -0.3 is 9.47 Å². The van der Waals surface area contributed by atoms with E-state index in [0.717, 1.165) is 6.42 Å². The predicted octanol–water partition coefficient (Wildman–Crippen LogP) is 0.904. The maximum atomic E-state index is 12.5. The zero-order valence-corrected chi connectivity index (χ0v) is 13.6. The SMILES string of the molecule is CCC(C)C(=O)N1CCN(S(=O)(=O)c2ccn(C)c2)CC1. The lowest BCUT2D eigenvalue weighted by Gasteiger charge is -2.35. The van der Waals surface area contributed by atoms with Gasteiger partial charge in [-0.05, 0) is 12.5 Å². The smallest absolute Gasteiger partial charge is 0.244 e. The molecule has 1 aromatic heterocycles. The van der Waals surface area contributed by atoms with Crippen LogP contribution in [0, 0.1) is 5.92 Å². The molecule has 1 atom stereocenters. The molecule has 1 aliphatic rings. The summed E-state index contributed by atoms with van der Waals surface area (Å²) in [7, 11) is -1.65. The van der Waals surface area contributed by atoms with Crippen LogP contribution in [0.2, 0.25) is 0 Å². The molecule has 0 aromatic carbocycles. The monoisotopic (exact) mass is 313 g/mol. The summed E-state index contributed by atoms with van der Waals surface area (Å²) in [6.45, 7) is 5.55. The normalized spacial score (nSPS) is 18.7. The van der Waals surface area contributed by atoms with Gasteiger partial charge in [0.2, 0.25) is 15.9 Å². The fraction of sp³-hybridized carbons (Fsp3) is 0.643. The summed E-state index contributed by atoms with van der Waals surface area (Å²) < 4.78 is 28.1. The van der Waals surface area contributed by atoms with Crippen LogP contribution in [-0.2, 0) is 21.9 Å². The highest BCUT2D eigenvalue weighted by molar-refractivity contribution is 7.89. The first kappa shape index (κ1) is 16.0. The van der Waals surface area contributed by atoms with Crippen molar-refractivity contribution >= 4 is 15.9 Å². The first-order chi connectivity index (χ1) is 9.86. The molecule has 1 amide bonds. The van der Waals surface area contributed by atoms with Gasteiger partial charge in [-0.1, -0.05) is 13.8 Å². The highest BCUT2D eigenvalue weighted by atomic mass is 32.2. The van der Waals surface area contributed by atoms with Gasteiger partial charge in [-0.25, -0.2) is 8.42 Å². The zero-order chi connectivity index (χ0) is 15.6. The maximum Gasteiger partial charge on any atom is 0.244 e.